The first-order valence-corrected chi connectivity index (χ1v) is 6.39. The normalized spacial score (nSPS) is 18.2. The minimum absolute atomic E-state index is 0.0197. The van der Waals surface area contributed by atoms with Crippen LogP contribution in [0.4, 0.5) is 0 Å². The summed E-state index contributed by atoms with van der Waals surface area (Å²) in [5.74, 6) is -0.296. The Morgan fingerprint density at radius 3 is 2.71 bits per heavy atom. The summed E-state index contributed by atoms with van der Waals surface area (Å²) in [4.78, 5) is 11.2. The molecule has 0 amide bonds. The maximum Gasteiger partial charge on any atom is 0.322 e. The summed E-state index contributed by atoms with van der Waals surface area (Å²) in [6.45, 7) is 3.59. The van der Waals surface area contributed by atoms with Gasteiger partial charge in [-0.3, -0.25) is 4.79 Å². The molecule has 1 atom stereocenters. The van der Waals surface area contributed by atoms with E-state index in [4.69, 9.17) is 19.9 Å². The van der Waals surface area contributed by atoms with Crippen LogP contribution in [0.3, 0.4) is 0 Å². The Bertz CT molecular complexity index is 217. The molecule has 1 saturated heterocycles. The summed E-state index contributed by atoms with van der Waals surface area (Å²) in [7, 11) is 0. The molecule has 1 aliphatic heterocycles. The van der Waals surface area contributed by atoms with E-state index >= 15 is 0 Å². The number of carbonyl (C=O) groups is 1. The molecule has 100 valence electrons. The molecule has 2 N–H and O–H groups in total. The SMILES string of the molecule is CCOC(=O)C(N)CCCCCC1OCCO1. The molecule has 0 bridgehead atoms. The monoisotopic (exact) mass is 245 g/mol. The minimum Gasteiger partial charge on any atom is -0.465 e. The van der Waals surface area contributed by atoms with E-state index in [0.29, 0.717) is 26.2 Å². The number of carbonyl (C=O) groups excluding carboxylic acids is 1. The fourth-order valence-corrected chi connectivity index (χ4v) is 1.79. The van der Waals surface area contributed by atoms with Crippen LogP contribution in [0.15, 0.2) is 0 Å². The van der Waals surface area contributed by atoms with Gasteiger partial charge in [-0.1, -0.05) is 12.8 Å². The highest BCUT2D eigenvalue weighted by molar-refractivity contribution is 5.75. The number of rotatable bonds is 8. The van der Waals surface area contributed by atoms with E-state index < -0.39 is 6.04 Å². The largest absolute Gasteiger partial charge is 0.465 e. The van der Waals surface area contributed by atoms with Crippen LogP contribution in [0.2, 0.25) is 0 Å². The van der Waals surface area contributed by atoms with Gasteiger partial charge in [0, 0.05) is 0 Å². The van der Waals surface area contributed by atoms with E-state index in [1.54, 1.807) is 6.92 Å². The number of hydrogen-bond donors (Lipinski definition) is 1. The van der Waals surface area contributed by atoms with Gasteiger partial charge in [-0.15, -0.1) is 0 Å². The summed E-state index contributed by atoms with van der Waals surface area (Å²) in [6, 6.07) is -0.478. The molecule has 0 radical (unpaired) electrons. The van der Waals surface area contributed by atoms with Crippen molar-refractivity contribution in [3.63, 3.8) is 0 Å². The summed E-state index contributed by atoms with van der Waals surface area (Å²) in [6.07, 6.45) is 4.61. The molecule has 1 heterocycles. The second kappa shape index (κ2) is 8.44. The summed E-state index contributed by atoms with van der Waals surface area (Å²) in [5.41, 5.74) is 5.68. The zero-order valence-corrected chi connectivity index (χ0v) is 10.5. The highest BCUT2D eigenvalue weighted by Crippen LogP contribution is 2.13. The van der Waals surface area contributed by atoms with Crippen LogP contribution in [-0.2, 0) is 19.0 Å². The summed E-state index contributed by atoms with van der Waals surface area (Å²) in [5, 5.41) is 0. The van der Waals surface area contributed by atoms with Gasteiger partial charge < -0.3 is 19.9 Å². The predicted octanol–water partition coefficient (Wildman–Crippen LogP) is 1.20. The van der Waals surface area contributed by atoms with E-state index in [9.17, 15) is 4.79 Å². The third-order valence-corrected chi connectivity index (χ3v) is 2.74. The standard InChI is InChI=1S/C12H23NO4/c1-2-15-12(14)10(13)6-4-3-5-7-11-16-8-9-17-11/h10-11H,2-9,13H2,1H3. The van der Waals surface area contributed by atoms with Crippen molar-refractivity contribution in [2.75, 3.05) is 19.8 Å². The summed E-state index contributed by atoms with van der Waals surface area (Å²) >= 11 is 0. The van der Waals surface area contributed by atoms with E-state index in [0.717, 1.165) is 25.7 Å². The zero-order valence-electron chi connectivity index (χ0n) is 10.5. The van der Waals surface area contributed by atoms with Crippen molar-refractivity contribution in [1.29, 1.82) is 0 Å². The molecule has 0 aromatic rings. The van der Waals surface area contributed by atoms with Gasteiger partial charge in [0.05, 0.1) is 19.8 Å². The molecule has 1 aliphatic rings. The first kappa shape index (κ1) is 14.4. The van der Waals surface area contributed by atoms with Crippen LogP contribution >= 0.6 is 0 Å². The lowest BCUT2D eigenvalue weighted by atomic mass is 10.1. The van der Waals surface area contributed by atoms with E-state index in [2.05, 4.69) is 0 Å². The molecule has 0 aromatic carbocycles. The zero-order chi connectivity index (χ0) is 12.5. The second-order valence-corrected chi connectivity index (χ2v) is 4.17. The lowest BCUT2D eigenvalue weighted by Crippen LogP contribution is -2.32. The van der Waals surface area contributed by atoms with Crippen molar-refractivity contribution in [1.82, 2.24) is 0 Å². The van der Waals surface area contributed by atoms with Crippen molar-refractivity contribution in [2.45, 2.75) is 51.4 Å². The van der Waals surface area contributed by atoms with Crippen LogP contribution in [-0.4, -0.2) is 38.1 Å². The van der Waals surface area contributed by atoms with E-state index in [-0.39, 0.29) is 12.3 Å². The lowest BCUT2D eigenvalue weighted by molar-refractivity contribution is -0.144. The second-order valence-electron chi connectivity index (χ2n) is 4.17. The third-order valence-electron chi connectivity index (χ3n) is 2.74. The Labute approximate surface area is 103 Å². The Hall–Kier alpha value is -0.650. The fraction of sp³-hybridized carbons (Fsp3) is 0.917. The van der Waals surface area contributed by atoms with Crippen molar-refractivity contribution in [3.05, 3.63) is 0 Å². The van der Waals surface area contributed by atoms with Crippen molar-refractivity contribution >= 4 is 5.97 Å². The molecule has 0 aliphatic carbocycles. The molecule has 1 fully saturated rings. The van der Waals surface area contributed by atoms with Gasteiger partial charge in [0.15, 0.2) is 6.29 Å². The molecule has 0 saturated carbocycles. The maximum absolute atomic E-state index is 11.2. The van der Waals surface area contributed by atoms with Crippen LogP contribution in [0, 0.1) is 0 Å². The number of hydrogen-bond acceptors (Lipinski definition) is 5. The third kappa shape index (κ3) is 6.00. The Morgan fingerprint density at radius 1 is 1.35 bits per heavy atom. The smallest absolute Gasteiger partial charge is 0.322 e. The molecular weight excluding hydrogens is 222 g/mol. The highest BCUT2D eigenvalue weighted by Gasteiger charge is 2.16. The van der Waals surface area contributed by atoms with Gasteiger partial charge in [0.2, 0.25) is 0 Å². The molecule has 0 aromatic heterocycles. The highest BCUT2D eigenvalue weighted by atomic mass is 16.7. The number of esters is 1. The van der Waals surface area contributed by atoms with Crippen molar-refractivity contribution in [3.8, 4) is 0 Å². The Morgan fingerprint density at radius 2 is 2.06 bits per heavy atom. The van der Waals surface area contributed by atoms with Gasteiger partial charge in [0.1, 0.15) is 6.04 Å². The Balaban J connectivity index is 1.94. The fourth-order valence-electron chi connectivity index (χ4n) is 1.79. The minimum atomic E-state index is -0.478. The van der Waals surface area contributed by atoms with Crippen LogP contribution in [0.5, 0.6) is 0 Å². The molecular formula is C12H23NO4. The predicted molar refractivity (Wildman–Crippen MR) is 63.4 cm³/mol. The van der Waals surface area contributed by atoms with Crippen LogP contribution in [0.25, 0.3) is 0 Å². The average molecular weight is 245 g/mol. The quantitative estimate of drug-likeness (QED) is 0.514. The average Bonchev–Trinajstić information content (AvgIpc) is 2.81. The number of nitrogens with two attached hydrogens (primary N) is 1. The van der Waals surface area contributed by atoms with Gasteiger partial charge in [-0.2, -0.15) is 0 Å². The van der Waals surface area contributed by atoms with E-state index in [1.807, 2.05) is 0 Å². The van der Waals surface area contributed by atoms with Gasteiger partial charge in [0.25, 0.3) is 0 Å². The maximum atomic E-state index is 11.2. The molecule has 5 nitrogen and oxygen atoms in total. The first-order chi connectivity index (χ1) is 8.24. The molecule has 17 heavy (non-hydrogen) atoms. The molecule has 1 rings (SSSR count). The topological polar surface area (TPSA) is 70.8 Å². The number of unbranched alkanes of at least 4 members (excludes halogenated alkanes) is 2. The van der Waals surface area contributed by atoms with Crippen LogP contribution in [0.1, 0.15) is 39.0 Å². The van der Waals surface area contributed by atoms with Crippen LogP contribution < -0.4 is 5.73 Å². The lowest BCUT2D eigenvalue weighted by Gasteiger charge is -2.11. The molecule has 0 spiro atoms. The van der Waals surface area contributed by atoms with E-state index in [1.165, 1.54) is 0 Å². The summed E-state index contributed by atoms with van der Waals surface area (Å²) < 4.78 is 15.5. The van der Waals surface area contributed by atoms with Crippen molar-refractivity contribution < 1.29 is 19.0 Å². The Kier molecular flexibility index (Phi) is 7.16. The van der Waals surface area contributed by atoms with Gasteiger partial charge in [-0.05, 0) is 26.2 Å². The van der Waals surface area contributed by atoms with Gasteiger partial charge >= 0.3 is 5.97 Å². The molecule has 5 heteroatoms. The van der Waals surface area contributed by atoms with Crippen molar-refractivity contribution in [2.24, 2.45) is 5.73 Å². The first-order valence-electron chi connectivity index (χ1n) is 6.39. The number of ether oxygens (including phenoxy) is 3. The molecule has 1 unspecified atom stereocenters. The van der Waals surface area contributed by atoms with Gasteiger partial charge in [-0.25, -0.2) is 0 Å².